The molecule has 0 spiro atoms. The van der Waals surface area contributed by atoms with Crippen LogP contribution in [0.25, 0.3) is 0 Å². The van der Waals surface area contributed by atoms with Gasteiger partial charge in [0.15, 0.2) is 5.16 Å². The van der Waals surface area contributed by atoms with Crippen molar-refractivity contribution in [2.75, 3.05) is 25.9 Å². The zero-order chi connectivity index (χ0) is 14.5. The van der Waals surface area contributed by atoms with E-state index in [4.69, 9.17) is 0 Å². The molecule has 1 saturated heterocycles. The summed E-state index contributed by atoms with van der Waals surface area (Å²) in [5.41, 5.74) is 1.89. The molecule has 1 amide bonds. The number of hydrogen-bond acceptors (Lipinski definition) is 5. The molecule has 0 bridgehead atoms. The lowest BCUT2D eigenvalue weighted by atomic mass is 10.1. The largest absolute Gasteiger partial charge is 0.342 e. The van der Waals surface area contributed by atoms with Crippen molar-refractivity contribution in [1.82, 2.24) is 20.2 Å². The predicted molar refractivity (Wildman–Crippen MR) is 80.9 cm³/mol. The van der Waals surface area contributed by atoms with Crippen LogP contribution in [0.4, 0.5) is 0 Å². The van der Waals surface area contributed by atoms with Crippen LogP contribution < -0.4 is 5.32 Å². The van der Waals surface area contributed by atoms with Crippen LogP contribution in [-0.2, 0) is 4.79 Å². The van der Waals surface area contributed by atoms with Gasteiger partial charge < -0.3 is 10.2 Å². The molecule has 1 fully saturated rings. The molecule has 0 unspecified atom stereocenters. The molecule has 0 saturated carbocycles. The Balaban J connectivity index is 1.87. The van der Waals surface area contributed by atoms with Gasteiger partial charge in [0.2, 0.25) is 5.91 Å². The predicted octanol–water partition coefficient (Wildman–Crippen LogP) is 1.40. The second-order valence-corrected chi connectivity index (χ2v) is 6.15. The van der Waals surface area contributed by atoms with E-state index in [0.717, 1.165) is 37.3 Å². The number of rotatable bonds is 4. The van der Waals surface area contributed by atoms with Crippen molar-refractivity contribution in [1.29, 1.82) is 0 Å². The van der Waals surface area contributed by atoms with E-state index in [1.165, 1.54) is 11.8 Å². The van der Waals surface area contributed by atoms with Crippen LogP contribution in [0.1, 0.15) is 24.2 Å². The van der Waals surface area contributed by atoms with Gasteiger partial charge in [0, 0.05) is 24.5 Å². The van der Waals surface area contributed by atoms with E-state index in [9.17, 15) is 4.79 Å². The zero-order valence-electron chi connectivity index (χ0n) is 12.3. The van der Waals surface area contributed by atoms with Crippen LogP contribution in [0.5, 0.6) is 0 Å². The molecule has 2 heterocycles. The average Bonchev–Trinajstić information content (AvgIpc) is 2.44. The normalized spacial score (nSPS) is 16.1. The fraction of sp³-hybridized carbons (Fsp3) is 0.643. The van der Waals surface area contributed by atoms with Crippen molar-refractivity contribution in [3.05, 3.63) is 17.5 Å². The summed E-state index contributed by atoms with van der Waals surface area (Å²) in [6.45, 7) is 5.88. The summed E-state index contributed by atoms with van der Waals surface area (Å²) in [6, 6.07) is 2.30. The molecule has 1 aromatic heterocycles. The van der Waals surface area contributed by atoms with Gasteiger partial charge in [0.1, 0.15) is 0 Å². The number of nitrogens with zero attached hydrogens (tertiary/aromatic N) is 3. The summed E-state index contributed by atoms with van der Waals surface area (Å²) in [5.74, 6) is 0.563. The number of carbonyl (C=O) groups excluding carboxylic acids is 1. The van der Waals surface area contributed by atoms with Crippen molar-refractivity contribution in [2.45, 2.75) is 37.9 Å². The lowest BCUT2D eigenvalue weighted by Gasteiger charge is -2.31. The Labute approximate surface area is 124 Å². The Hall–Kier alpha value is -1.14. The number of aromatic nitrogens is 2. The molecule has 1 N–H and O–H groups in total. The fourth-order valence-electron chi connectivity index (χ4n) is 2.38. The first-order valence-corrected chi connectivity index (χ1v) is 7.96. The first kappa shape index (κ1) is 15.3. The highest BCUT2D eigenvalue weighted by Gasteiger charge is 2.21. The van der Waals surface area contributed by atoms with Crippen LogP contribution in [0.15, 0.2) is 11.2 Å². The van der Waals surface area contributed by atoms with E-state index in [0.29, 0.717) is 17.0 Å². The SMILES string of the molecule is Cc1cc(C)nc(SCC(=O)N(C)C2CCNCC2)n1. The van der Waals surface area contributed by atoms with Gasteiger partial charge >= 0.3 is 0 Å². The first-order chi connectivity index (χ1) is 9.56. The highest BCUT2D eigenvalue weighted by atomic mass is 32.2. The van der Waals surface area contributed by atoms with E-state index in [1.807, 2.05) is 31.9 Å². The Kier molecular flexibility index (Phi) is 5.37. The van der Waals surface area contributed by atoms with Crippen LogP contribution in [0.3, 0.4) is 0 Å². The molecule has 0 radical (unpaired) electrons. The van der Waals surface area contributed by atoms with Crippen LogP contribution >= 0.6 is 11.8 Å². The van der Waals surface area contributed by atoms with E-state index in [2.05, 4.69) is 15.3 Å². The molecular weight excluding hydrogens is 272 g/mol. The second kappa shape index (κ2) is 7.04. The second-order valence-electron chi connectivity index (χ2n) is 5.21. The van der Waals surface area contributed by atoms with Crippen molar-refractivity contribution in [2.24, 2.45) is 0 Å². The molecule has 0 aromatic carbocycles. The minimum atomic E-state index is 0.157. The highest BCUT2D eigenvalue weighted by Crippen LogP contribution is 2.17. The molecule has 0 aliphatic carbocycles. The molecule has 1 aromatic rings. The van der Waals surface area contributed by atoms with E-state index in [-0.39, 0.29) is 5.91 Å². The third kappa shape index (κ3) is 4.18. The maximum atomic E-state index is 12.2. The Morgan fingerprint density at radius 2 is 1.95 bits per heavy atom. The third-order valence-corrected chi connectivity index (χ3v) is 4.37. The molecule has 0 atom stereocenters. The summed E-state index contributed by atoms with van der Waals surface area (Å²) in [5, 5.41) is 4.01. The number of amides is 1. The number of thioether (sulfide) groups is 1. The smallest absolute Gasteiger partial charge is 0.233 e. The van der Waals surface area contributed by atoms with Crippen molar-refractivity contribution in [3.63, 3.8) is 0 Å². The highest BCUT2D eigenvalue weighted by molar-refractivity contribution is 7.99. The third-order valence-electron chi connectivity index (χ3n) is 3.54. The number of aryl methyl sites for hydroxylation is 2. The maximum absolute atomic E-state index is 12.2. The summed E-state index contributed by atoms with van der Waals surface area (Å²) >= 11 is 1.42. The van der Waals surface area contributed by atoms with Crippen LogP contribution in [-0.4, -0.2) is 52.7 Å². The number of hydrogen-bond donors (Lipinski definition) is 1. The summed E-state index contributed by atoms with van der Waals surface area (Å²) in [6.07, 6.45) is 2.07. The van der Waals surface area contributed by atoms with Crippen LogP contribution in [0, 0.1) is 13.8 Å². The Morgan fingerprint density at radius 1 is 1.35 bits per heavy atom. The molecule has 110 valence electrons. The van der Waals surface area contributed by atoms with Gasteiger partial charge in [-0.25, -0.2) is 9.97 Å². The van der Waals surface area contributed by atoms with Gasteiger partial charge in [-0.1, -0.05) is 11.8 Å². The first-order valence-electron chi connectivity index (χ1n) is 6.97. The Bertz CT molecular complexity index is 454. The average molecular weight is 294 g/mol. The number of piperidine rings is 1. The van der Waals surface area contributed by atoms with Gasteiger partial charge in [0.05, 0.1) is 5.75 Å². The van der Waals surface area contributed by atoms with E-state index in [1.54, 1.807) is 0 Å². The number of carbonyl (C=O) groups is 1. The summed E-state index contributed by atoms with van der Waals surface area (Å²) in [4.78, 5) is 22.8. The lowest BCUT2D eigenvalue weighted by molar-refractivity contribution is -0.129. The van der Waals surface area contributed by atoms with Gasteiger partial charge in [-0.05, 0) is 45.8 Å². The monoisotopic (exact) mass is 294 g/mol. The van der Waals surface area contributed by atoms with Crippen molar-refractivity contribution < 1.29 is 4.79 Å². The quantitative estimate of drug-likeness (QED) is 0.672. The molecule has 1 aliphatic rings. The standard InChI is InChI=1S/C14H22N4OS/c1-10-8-11(2)17-14(16-10)20-9-13(19)18(3)12-4-6-15-7-5-12/h8,12,15H,4-7,9H2,1-3H3. The molecule has 6 heteroatoms. The molecular formula is C14H22N4OS. The maximum Gasteiger partial charge on any atom is 0.233 e. The lowest BCUT2D eigenvalue weighted by Crippen LogP contribution is -2.44. The van der Waals surface area contributed by atoms with Crippen LogP contribution in [0.2, 0.25) is 0 Å². The van der Waals surface area contributed by atoms with Crippen molar-refractivity contribution >= 4 is 17.7 Å². The topological polar surface area (TPSA) is 58.1 Å². The van der Waals surface area contributed by atoms with Crippen molar-refractivity contribution in [3.8, 4) is 0 Å². The number of nitrogens with one attached hydrogen (secondary N) is 1. The summed E-state index contributed by atoms with van der Waals surface area (Å²) < 4.78 is 0. The minimum absolute atomic E-state index is 0.157. The minimum Gasteiger partial charge on any atom is -0.342 e. The molecule has 2 rings (SSSR count). The van der Waals surface area contributed by atoms with E-state index >= 15 is 0 Å². The molecule has 20 heavy (non-hydrogen) atoms. The Morgan fingerprint density at radius 3 is 2.55 bits per heavy atom. The molecule has 1 aliphatic heterocycles. The van der Waals surface area contributed by atoms with Gasteiger partial charge in [-0.15, -0.1) is 0 Å². The fourth-order valence-corrected chi connectivity index (χ4v) is 3.26. The zero-order valence-corrected chi connectivity index (χ0v) is 13.2. The summed E-state index contributed by atoms with van der Waals surface area (Å²) in [7, 11) is 1.90. The van der Waals surface area contributed by atoms with Gasteiger partial charge in [-0.3, -0.25) is 4.79 Å². The molecule has 5 nitrogen and oxygen atoms in total. The van der Waals surface area contributed by atoms with Gasteiger partial charge in [-0.2, -0.15) is 0 Å². The van der Waals surface area contributed by atoms with E-state index < -0.39 is 0 Å². The van der Waals surface area contributed by atoms with Gasteiger partial charge in [0.25, 0.3) is 0 Å².